The average molecular weight is 341 g/mol. The molecule has 4 aliphatic heterocycles. The number of thiocarbonyl (C=S) groups is 1. The zero-order chi connectivity index (χ0) is 15.8. The summed E-state index contributed by atoms with van der Waals surface area (Å²) in [5.74, 6) is 0. The zero-order valence-electron chi connectivity index (χ0n) is 14.3. The van der Waals surface area contributed by atoms with E-state index in [4.69, 9.17) is 12.2 Å². The number of thioether (sulfide) groups is 1. The van der Waals surface area contributed by atoms with Crippen LogP contribution in [0.1, 0.15) is 27.2 Å². The quantitative estimate of drug-likeness (QED) is 0.433. The molecule has 4 rings (SSSR count). The van der Waals surface area contributed by atoms with E-state index in [9.17, 15) is 0 Å². The normalized spacial score (nSPS) is 32.0. The van der Waals surface area contributed by atoms with Gasteiger partial charge in [-0.2, -0.15) is 0 Å². The fourth-order valence-corrected chi connectivity index (χ4v) is 5.48. The number of nitrogens with zero attached hydrogens (tertiary/aromatic N) is 3. The Labute approximate surface area is 145 Å². The molecule has 0 aliphatic carbocycles. The standard InChI is InChI=1S/C17H30N3S2/c1-17(2,3)22-16(21)19-6-4-15(5-7-19)14-20-11-8-18(9-12-20)10-13-20/h4H,5-14H2,1-3H3/q+1. The average Bonchev–Trinajstić information content (AvgIpc) is 2.47. The maximum absolute atomic E-state index is 5.62. The monoisotopic (exact) mass is 340 g/mol. The van der Waals surface area contributed by atoms with Crippen molar-refractivity contribution in [2.75, 3.05) is 58.9 Å². The number of hydrogen-bond acceptors (Lipinski definition) is 3. The number of fused-ring (bicyclic) bond motifs is 3. The fourth-order valence-electron chi connectivity index (χ4n) is 3.75. The summed E-state index contributed by atoms with van der Waals surface area (Å²) < 4.78 is 2.64. The van der Waals surface area contributed by atoms with E-state index in [0.29, 0.717) is 0 Å². The van der Waals surface area contributed by atoms with Crippen molar-refractivity contribution < 1.29 is 4.48 Å². The van der Waals surface area contributed by atoms with Crippen LogP contribution in [0.15, 0.2) is 11.6 Å². The van der Waals surface area contributed by atoms with Crippen LogP contribution < -0.4 is 0 Å². The van der Waals surface area contributed by atoms with E-state index < -0.39 is 0 Å². The summed E-state index contributed by atoms with van der Waals surface area (Å²) >= 11 is 7.45. The Hall–Kier alpha value is -0.100. The Balaban J connectivity index is 1.54. The molecule has 0 spiro atoms. The first-order valence-electron chi connectivity index (χ1n) is 8.59. The molecule has 5 heteroatoms. The molecule has 0 aromatic rings. The van der Waals surface area contributed by atoms with Crippen molar-refractivity contribution in [3.8, 4) is 0 Å². The van der Waals surface area contributed by atoms with Crippen molar-refractivity contribution in [1.29, 1.82) is 0 Å². The number of piperazine rings is 3. The van der Waals surface area contributed by atoms with Gasteiger partial charge in [0.25, 0.3) is 0 Å². The first-order valence-corrected chi connectivity index (χ1v) is 9.81. The zero-order valence-corrected chi connectivity index (χ0v) is 15.9. The third-order valence-corrected chi connectivity index (χ3v) is 6.72. The van der Waals surface area contributed by atoms with E-state index in [2.05, 4.69) is 36.6 Å². The van der Waals surface area contributed by atoms with Crippen LogP contribution in [0.4, 0.5) is 0 Å². The van der Waals surface area contributed by atoms with Gasteiger partial charge in [-0.25, -0.2) is 0 Å². The minimum atomic E-state index is 0.215. The number of quaternary nitrogens is 1. The predicted octanol–water partition coefficient (Wildman–Crippen LogP) is 2.58. The molecule has 4 aliphatic rings. The smallest absolute Gasteiger partial charge is 0.137 e. The Morgan fingerprint density at radius 3 is 2.32 bits per heavy atom. The van der Waals surface area contributed by atoms with Gasteiger partial charge in [0.05, 0.1) is 19.6 Å². The third kappa shape index (κ3) is 4.05. The molecule has 0 saturated carbocycles. The van der Waals surface area contributed by atoms with Crippen LogP contribution in [0, 0.1) is 0 Å². The van der Waals surface area contributed by atoms with Crippen LogP contribution in [-0.4, -0.2) is 82.3 Å². The molecule has 0 amide bonds. The summed E-state index contributed by atoms with van der Waals surface area (Å²) in [7, 11) is 0. The summed E-state index contributed by atoms with van der Waals surface area (Å²) in [6, 6.07) is 0. The van der Waals surface area contributed by atoms with Gasteiger partial charge in [-0.1, -0.05) is 50.8 Å². The molecule has 0 N–H and O–H groups in total. The van der Waals surface area contributed by atoms with Gasteiger partial charge >= 0.3 is 0 Å². The summed E-state index contributed by atoms with van der Waals surface area (Å²) in [5.41, 5.74) is 1.68. The van der Waals surface area contributed by atoms with Crippen molar-refractivity contribution in [1.82, 2.24) is 9.80 Å². The van der Waals surface area contributed by atoms with Gasteiger partial charge in [0.2, 0.25) is 0 Å². The van der Waals surface area contributed by atoms with Crippen molar-refractivity contribution in [2.24, 2.45) is 0 Å². The predicted molar refractivity (Wildman–Crippen MR) is 100 cm³/mol. The lowest BCUT2D eigenvalue weighted by atomic mass is 10.0. The van der Waals surface area contributed by atoms with Gasteiger partial charge in [-0.3, -0.25) is 4.90 Å². The Morgan fingerprint density at radius 2 is 1.82 bits per heavy atom. The molecule has 0 aromatic heterocycles. The molecule has 0 unspecified atom stereocenters. The van der Waals surface area contributed by atoms with Crippen molar-refractivity contribution in [2.45, 2.75) is 31.9 Å². The van der Waals surface area contributed by atoms with Gasteiger partial charge in [0, 0.05) is 37.5 Å². The molecular weight excluding hydrogens is 310 g/mol. The first-order chi connectivity index (χ1) is 10.4. The maximum Gasteiger partial charge on any atom is 0.137 e. The van der Waals surface area contributed by atoms with Crippen LogP contribution in [-0.2, 0) is 0 Å². The molecule has 3 saturated heterocycles. The molecule has 3 fully saturated rings. The largest absolute Gasteiger partial charge is 0.353 e. The van der Waals surface area contributed by atoms with Crippen molar-refractivity contribution in [3.63, 3.8) is 0 Å². The highest BCUT2D eigenvalue weighted by molar-refractivity contribution is 8.23. The van der Waals surface area contributed by atoms with E-state index in [0.717, 1.165) is 17.4 Å². The lowest BCUT2D eigenvalue weighted by molar-refractivity contribution is -0.936. The highest BCUT2D eigenvalue weighted by atomic mass is 32.2. The molecule has 4 heterocycles. The molecule has 124 valence electrons. The van der Waals surface area contributed by atoms with Crippen LogP contribution in [0.5, 0.6) is 0 Å². The summed E-state index contributed by atoms with van der Waals surface area (Å²) in [5, 5.41) is 0. The minimum absolute atomic E-state index is 0.215. The van der Waals surface area contributed by atoms with E-state index in [1.807, 2.05) is 11.8 Å². The molecule has 2 bridgehead atoms. The highest BCUT2D eigenvalue weighted by Crippen LogP contribution is 2.29. The van der Waals surface area contributed by atoms with E-state index >= 15 is 0 Å². The van der Waals surface area contributed by atoms with Crippen LogP contribution in [0.3, 0.4) is 0 Å². The van der Waals surface area contributed by atoms with Gasteiger partial charge in [-0.05, 0) is 12.0 Å². The molecule has 0 radical (unpaired) electrons. The third-order valence-electron chi connectivity index (χ3n) is 5.17. The van der Waals surface area contributed by atoms with Crippen LogP contribution >= 0.6 is 24.0 Å². The molecular formula is C17H30N3S2+. The second-order valence-corrected chi connectivity index (χ2v) is 10.5. The SMILES string of the molecule is CC(C)(C)SC(=S)N1CC=C(C[N+]23CCN(CC2)CC3)CC1. The van der Waals surface area contributed by atoms with Crippen LogP contribution in [0.25, 0.3) is 0 Å². The van der Waals surface area contributed by atoms with Crippen molar-refractivity contribution >= 4 is 28.3 Å². The molecule has 0 atom stereocenters. The Bertz CT molecular complexity index is 445. The first kappa shape index (κ1) is 16.7. The Kier molecular flexibility index (Phi) is 4.89. The lowest BCUT2D eigenvalue weighted by Crippen LogP contribution is -2.67. The fraction of sp³-hybridized carbons (Fsp3) is 0.824. The van der Waals surface area contributed by atoms with Gasteiger partial charge < -0.3 is 9.38 Å². The number of rotatable bonds is 2. The summed E-state index contributed by atoms with van der Waals surface area (Å²) in [6.45, 7) is 18.1. The second kappa shape index (κ2) is 6.42. The molecule has 22 heavy (non-hydrogen) atoms. The van der Waals surface area contributed by atoms with Crippen LogP contribution in [0.2, 0.25) is 0 Å². The van der Waals surface area contributed by atoms with E-state index in [1.54, 1.807) is 5.57 Å². The van der Waals surface area contributed by atoms with Gasteiger partial charge in [0.15, 0.2) is 0 Å². The summed E-state index contributed by atoms with van der Waals surface area (Å²) in [4.78, 5) is 5.00. The van der Waals surface area contributed by atoms with Gasteiger partial charge in [0.1, 0.15) is 10.9 Å². The second-order valence-electron chi connectivity index (χ2n) is 8.05. The molecule has 0 aromatic carbocycles. The molecule has 3 nitrogen and oxygen atoms in total. The maximum atomic E-state index is 5.62. The summed E-state index contributed by atoms with van der Waals surface area (Å²) in [6.07, 6.45) is 3.67. The Morgan fingerprint density at radius 1 is 1.18 bits per heavy atom. The van der Waals surface area contributed by atoms with Gasteiger partial charge in [-0.15, -0.1) is 0 Å². The van der Waals surface area contributed by atoms with Crippen molar-refractivity contribution in [3.05, 3.63) is 11.6 Å². The lowest BCUT2D eigenvalue weighted by Gasteiger charge is -2.51. The van der Waals surface area contributed by atoms with E-state index in [-0.39, 0.29) is 4.75 Å². The topological polar surface area (TPSA) is 6.48 Å². The van der Waals surface area contributed by atoms with E-state index in [1.165, 1.54) is 56.7 Å². The highest BCUT2D eigenvalue weighted by Gasteiger charge is 2.39. The minimum Gasteiger partial charge on any atom is -0.353 e. The number of hydrogen-bond donors (Lipinski definition) is 0.